The fraction of sp³-hybridized carbons (Fsp3) is 0.133. The van der Waals surface area contributed by atoms with Gasteiger partial charge in [-0.3, -0.25) is 4.79 Å². The molecule has 92 valence electrons. The van der Waals surface area contributed by atoms with Gasteiger partial charge < -0.3 is 5.73 Å². The number of benzene rings is 2. The van der Waals surface area contributed by atoms with Gasteiger partial charge >= 0.3 is 0 Å². The number of rotatable bonds is 2. The topological polar surface area (TPSA) is 43.1 Å². The Morgan fingerprint density at radius 3 is 2.39 bits per heavy atom. The van der Waals surface area contributed by atoms with Crippen LogP contribution < -0.4 is 5.73 Å². The van der Waals surface area contributed by atoms with Crippen LogP contribution in [0.4, 0.5) is 10.1 Å². The summed E-state index contributed by atoms with van der Waals surface area (Å²) in [7, 11) is 0. The van der Waals surface area contributed by atoms with Crippen molar-refractivity contribution in [1.82, 2.24) is 0 Å². The van der Waals surface area contributed by atoms with Gasteiger partial charge in [-0.05, 0) is 49.2 Å². The first kappa shape index (κ1) is 12.3. The summed E-state index contributed by atoms with van der Waals surface area (Å²) in [5.41, 5.74) is 8.79. The fourth-order valence-electron chi connectivity index (χ4n) is 1.82. The van der Waals surface area contributed by atoms with Gasteiger partial charge in [-0.2, -0.15) is 0 Å². The van der Waals surface area contributed by atoms with Gasteiger partial charge in [0.05, 0.1) is 0 Å². The number of carbonyl (C=O) groups excluding carboxylic acids is 1. The average Bonchev–Trinajstić information content (AvgIpc) is 2.30. The molecule has 0 aliphatic rings. The number of aryl methyl sites for hydroxylation is 2. The number of anilines is 1. The van der Waals surface area contributed by atoms with E-state index in [4.69, 9.17) is 5.73 Å². The number of hydrogen-bond donors (Lipinski definition) is 1. The zero-order valence-corrected chi connectivity index (χ0v) is 10.3. The van der Waals surface area contributed by atoms with Crippen LogP contribution in [0.3, 0.4) is 0 Å². The molecule has 0 saturated heterocycles. The highest BCUT2D eigenvalue weighted by Gasteiger charge is 2.11. The molecule has 0 saturated carbocycles. The molecule has 0 amide bonds. The van der Waals surface area contributed by atoms with Gasteiger partial charge in [0.15, 0.2) is 5.78 Å². The van der Waals surface area contributed by atoms with Crippen LogP contribution in [0.15, 0.2) is 36.4 Å². The lowest BCUT2D eigenvalue weighted by molar-refractivity contribution is 0.103. The fourth-order valence-corrected chi connectivity index (χ4v) is 1.82. The third-order valence-electron chi connectivity index (χ3n) is 2.85. The predicted molar refractivity (Wildman–Crippen MR) is 70.2 cm³/mol. The van der Waals surface area contributed by atoms with Crippen LogP contribution in [0.5, 0.6) is 0 Å². The maximum atomic E-state index is 13.3. The van der Waals surface area contributed by atoms with Crippen molar-refractivity contribution >= 4 is 11.5 Å². The van der Waals surface area contributed by atoms with E-state index in [0.717, 1.165) is 11.1 Å². The van der Waals surface area contributed by atoms with E-state index in [9.17, 15) is 9.18 Å². The van der Waals surface area contributed by atoms with E-state index < -0.39 is 5.82 Å². The first-order chi connectivity index (χ1) is 8.47. The maximum Gasteiger partial charge on any atom is 0.193 e. The van der Waals surface area contributed by atoms with Gasteiger partial charge in [0, 0.05) is 16.8 Å². The van der Waals surface area contributed by atoms with E-state index in [0.29, 0.717) is 16.8 Å². The maximum absolute atomic E-state index is 13.3. The largest absolute Gasteiger partial charge is 0.398 e. The molecule has 0 aromatic heterocycles. The molecule has 2 nitrogen and oxygen atoms in total. The summed E-state index contributed by atoms with van der Waals surface area (Å²) in [6, 6.07) is 9.41. The minimum atomic E-state index is -0.404. The number of nitrogen functional groups attached to an aromatic ring is 1. The van der Waals surface area contributed by atoms with Crippen LogP contribution in [-0.4, -0.2) is 5.78 Å². The molecule has 3 heteroatoms. The summed E-state index contributed by atoms with van der Waals surface area (Å²) in [6.07, 6.45) is 0. The predicted octanol–water partition coefficient (Wildman–Crippen LogP) is 3.26. The summed E-state index contributed by atoms with van der Waals surface area (Å²) in [4.78, 5) is 12.2. The quantitative estimate of drug-likeness (QED) is 0.650. The molecule has 0 fully saturated rings. The summed E-state index contributed by atoms with van der Waals surface area (Å²) < 4.78 is 13.3. The monoisotopic (exact) mass is 243 g/mol. The Labute approximate surface area is 105 Å². The Kier molecular flexibility index (Phi) is 3.15. The molecule has 0 aliphatic carbocycles. The van der Waals surface area contributed by atoms with Crippen molar-refractivity contribution in [2.45, 2.75) is 13.8 Å². The average molecular weight is 243 g/mol. The van der Waals surface area contributed by atoms with Crippen molar-refractivity contribution in [2.24, 2.45) is 0 Å². The second kappa shape index (κ2) is 4.61. The lowest BCUT2D eigenvalue weighted by Crippen LogP contribution is -2.04. The lowest BCUT2D eigenvalue weighted by Gasteiger charge is -2.06. The summed E-state index contributed by atoms with van der Waals surface area (Å²) >= 11 is 0. The number of ketones is 1. The van der Waals surface area contributed by atoms with Crippen LogP contribution in [0.1, 0.15) is 27.0 Å². The first-order valence-corrected chi connectivity index (χ1v) is 5.65. The van der Waals surface area contributed by atoms with Crippen molar-refractivity contribution < 1.29 is 9.18 Å². The van der Waals surface area contributed by atoms with Gasteiger partial charge in [-0.15, -0.1) is 0 Å². The smallest absolute Gasteiger partial charge is 0.193 e. The van der Waals surface area contributed by atoms with Crippen LogP contribution in [-0.2, 0) is 0 Å². The molecule has 0 atom stereocenters. The second-order valence-electron chi connectivity index (χ2n) is 4.42. The molecule has 2 aromatic carbocycles. The van der Waals surface area contributed by atoms with Crippen LogP contribution in [0.25, 0.3) is 0 Å². The Balaban J connectivity index is 2.44. The third-order valence-corrected chi connectivity index (χ3v) is 2.85. The van der Waals surface area contributed by atoms with Crippen LogP contribution in [0, 0.1) is 19.7 Å². The Morgan fingerprint density at radius 1 is 1.06 bits per heavy atom. The van der Waals surface area contributed by atoms with Crippen molar-refractivity contribution in [3.63, 3.8) is 0 Å². The molecular weight excluding hydrogens is 229 g/mol. The van der Waals surface area contributed by atoms with E-state index in [1.165, 1.54) is 12.1 Å². The van der Waals surface area contributed by atoms with Crippen molar-refractivity contribution in [2.75, 3.05) is 5.73 Å². The Bertz CT molecular complexity index is 600. The number of carbonyl (C=O) groups is 1. The summed E-state index contributed by atoms with van der Waals surface area (Å²) in [5, 5.41) is 0. The zero-order valence-electron chi connectivity index (χ0n) is 10.3. The highest BCUT2D eigenvalue weighted by atomic mass is 19.1. The summed E-state index contributed by atoms with van der Waals surface area (Å²) in [5.74, 6) is -0.622. The minimum Gasteiger partial charge on any atom is -0.398 e. The Hall–Kier alpha value is -2.16. The second-order valence-corrected chi connectivity index (χ2v) is 4.42. The molecule has 18 heavy (non-hydrogen) atoms. The van der Waals surface area contributed by atoms with Crippen LogP contribution in [0.2, 0.25) is 0 Å². The van der Waals surface area contributed by atoms with Gasteiger partial charge in [0.1, 0.15) is 5.82 Å². The van der Waals surface area contributed by atoms with E-state index in [1.807, 2.05) is 6.92 Å². The van der Waals surface area contributed by atoms with Gasteiger partial charge in [0.25, 0.3) is 0 Å². The molecule has 0 radical (unpaired) electrons. The van der Waals surface area contributed by atoms with E-state index in [1.54, 1.807) is 31.2 Å². The standard InChI is InChI=1S/C15H14FNO/c1-9-5-12(7-13(16)6-9)15(18)11-4-3-10(2)14(17)8-11/h3-8H,17H2,1-2H3. The molecule has 0 heterocycles. The van der Waals surface area contributed by atoms with Gasteiger partial charge in [0.2, 0.25) is 0 Å². The minimum absolute atomic E-state index is 0.218. The Morgan fingerprint density at radius 2 is 1.78 bits per heavy atom. The summed E-state index contributed by atoms with van der Waals surface area (Å²) in [6.45, 7) is 3.62. The molecule has 0 bridgehead atoms. The highest BCUT2D eigenvalue weighted by Crippen LogP contribution is 2.18. The van der Waals surface area contributed by atoms with Crippen molar-refractivity contribution in [3.8, 4) is 0 Å². The lowest BCUT2D eigenvalue weighted by atomic mass is 10.00. The molecule has 0 spiro atoms. The van der Waals surface area contributed by atoms with E-state index in [-0.39, 0.29) is 5.78 Å². The number of nitrogens with two attached hydrogens (primary N) is 1. The highest BCUT2D eigenvalue weighted by molar-refractivity contribution is 6.09. The zero-order chi connectivity index (χ0) is 13.3. The van der Waals surface area contributed by atoms with Crippen LogP contribution >= 0.6 is 0 Å². The normalized spacial score (nSPS) is 10.4. The number of halogens is 1. The van der Waals surface area contributed by atoms with Crippen molar-refractivity contribution in [1.29, 1.82) is 0 Å². The third kappa shape index (κ3) is 2.40. The SMILES string of the molecule is Cc1cc(F)cc(C(=O)c2ccc(C)c(N)c2)c1. The molecular formula is C15H14FNO. The van der Waals surface area contributed by atoms with E-state index >= 15 is 0 Å². The molecule has 0 aliphatic heterocycles. The van der Waals surface area contributed by atoms with Gasteiger partial charge in [-0.25, -0.2) is 4.39 Å². The first-order valence-electron chi connectivity index (χ1n) is 5.65. The molecule has 2 aromatic rings. The molecule has 2 rings (SSSR count). The van der Waals surface area contributed by atoms with Gasteiger partial charge in [-0.1, -0.05) is 12.1 Å². The number of hydrogen-bond acceptors (Lipinski definition) is 2. The molecule has 0 unspecified atom stereocenters. The molecule has 2 N–H and O–H groups in total. The van der Waals surface area contributed by atoms with E-state index in [2.05, 4.69) is 0 Å². The van der Waals surface area contributed by atoms with Crippen molar-refractivity contribution in [3.05, 3.63) is 64.5 Å².